The maximum absolute atomic E-state index is 10.5. The molecule has 1 atom stereocenters. The minimum Gasteiger partial charge on any atom is -0.768 e. The van der Waals surface area contributed by atoms with Crippen LogP contribution in [0.15, 0.2) is 23.1 Å². The van der Waals surface area contributed by atoms with Crippen molar-refractivity contribution in [1.82, 2.24) is 0 Å². The van der Waals surface area contributed by atoms with Crippen molar-refractivity contribution < 1.29 is 38.3 Å². The third-order valence-electron chi connectivity index (χ3n) is 1.46. The normalized spacial score (nSPS) is 11.2. The zero-order valence-corrected chi connectivity index (χ0v) is 11.1. The first-order valence-corrected chi connectivity index (χ1v) is 4.85. The summed E-state index contributed by atoms with van der Waals surface area (Å²) in [6, 6.07) is 6.39. The van der Waals surface area contributed by atoms with E-state index < -0.39 is 11.1 Å². The van der Waals surface area contributed by atoms with Gasteiger partial charge in [-0.2, -0.15) is 5.26 Å². The Balaban J connectivity index is 0.00000169. The Morgan fingerprint density at radius 2 is 2.21 bits per heavy atom. The molecule has 1 unspecified atom stereocenters. The van der Waals surface area contributed by atoms with Crippen molar-refractivity contribution in [2.24, 2.45) is 0 Å². The SMILES string of the molecule is N#CCc1ccc(S(=O)[O-])c(Cl)c1.[Na+]. The minimum absolute atomic E-state index is 0. The Bertz CT molecular complexity index is 391. The molecule has 0 aromatic heterocycles. The molecule has 1 aromatic carbocycles. The average molecular weight is 238 g/mol. The van der Waals surface area contributed by atoms with Gasteiger partial charge in [0.2, 0.25) is 0 Å². The summed E-state index contributed by atoms with van der Waals surface area (Å²) >= 11 is 3.34. The number of nitrogens with zero attached hydrogens (tertiary/aromatic N) is 1. The Kier molecular flexibility index (Phi) is 6.62. The molecular formula is C8H5ClNNaO2S. The summed E-state index contributed by atoms with van der Waals surface area (Å²) in [6.07, 6.45) is 0.228. The predicted octanol–water partition coefficient (Wildman–Crippen LogP) is -1.35. The topological polar surface area (TPSA) is 63.9 Å². The molecule has 0 spiro atoms. The van der Waals surface area contributed by atoms with Gasteiger partial charge in [0.05, 0.1) is 17.5 Å². The summed E-state index contributed by atoms with van der Waals surface area (Å²) in [7, 11) is 0. The van der Waals surface area contributed by atoms with Crippen LogP contribution in [0.2, 0.25) is 5.02 Å². The molecule has 68 valence electrons. The van der Waals surface area contributed by atoms with E-state index in [9.17, 15) is 8.76 Å². The first-order valence-electron chi connectivity index (χ1n) is 3.40. The molecule has 0 aliphatic rings. The van der Waals surface area contributed by atoms with Gasteiger partial charge in [-0.1, -0.05) is 17.7 Å². The molecule has 1 aromatic rings. The third-order valence-corrected chi connectivity index (χ3v) is 2.60. The van der Waals surface area contributed by atoms with Crippen molar-refractivity contribution in [1.29, 1.82) is 5.26 Å². The van der Waals surface area contributed by atoms with E-state index in [0.717, 1.165) is 0 Å². The van der Waals surface area contributed by atoms with Crippen molar-refractivity contribution in [2.75, 3.05) is 0 Å². The first kappa shape index (κ1) is 14.1. The van der Waals surface area contributed by atoms with Crippen molar-refractivity contribution in [2.45, 2.75) is 11.3 Å². The van der Waals surface area contributed by atoms with Gasteiger partial charge in [0.1, 0.15) is 0 Å². The summed E-state index contributed by atoms with van der Waals surface area (Å²) in [5, 5.41) is 8.53. The van der Waals surface area contributed by atoms with Gasteiger partial charge in [-0.05, 0) is 28.8 Å². The van der Waals surface area contributed by atoms with Crippen LogP contribution in [0.4, 0.5) is 0 Å². The van der Waals surface area contributed by atoms with E-state index >= 15 is 0 Å². The Morgan fingerprint density at radius 3 is 2.64 bits per heavy atom. The van der Waals surface area contributed by atoms with Gasteiger partial charge < -0.3 is 4.55 Å². The predicted molar refractivity (Wildman–Crippen MR) is 48.0 cm³/mol. The second-order valence-corrected chi connectivity index (χ2v) is 3.65. The number of halogens is 1. The van der Waals surface area contributed by atoms with Gasteiger partial charge in [-0.3, -0.25) is 4.21 Å². The molecule has 0 aliphatic carbocycles. The van der Waals surface area contributed by atoms with Crippen LogP contribution >= 0.6 is 11.6 Å². The van der Waals surface area contributed by atoms with Crippen molar-refractivity contribution in [3.63, 3.8) is 0 Å². The van der Waals surface area contributed by atoms with Crippen molar-refractivity contribution >= 4 is 22.7 Å². The monoisotopic (exact) mass is 237 g/mol. The van der Waals surface area contributed by atoms with Crippen LogP contribution in [0.5, 0.6) is 0 Å². The van der Waals surface area contributed by atoms with Crippen molar-refractivity contribution in [3.05, 3.63) is 28.8 Å². The summed E-state index contributed by atoms with van der Waals surface area (Å²) in [5.74, 6) is 0. The average Bonchev–Trinajstić information content (AvgIpc) is 2.04. The van der Waals surface area contributed by atoms with Crippen LogP contribution < -0.4 is 29.6 Å². The molecule has 14 heavy (non-hydrogen) atoms. The van der Waals surface area contributed by atoms with Crippen LogP contribution in [-0.4, -0.2) is 8.76 Å². The Labute approximate surface area is 112 Å². The van der Waals surface area contributed by atoms with E-state index in [4.69, 9.17) is 16.9 Å². The molecule has 3 nitrogen and oxygen atoms in total. The van der Waals surface area contributed by atoms with Gasteiger partial charge in [-0.15, -0.1) is 0 Å². The number of benzene rings is 1. The van der Waals surface area contributed by atoms with E-state index in [1.54, 1.807) is 6.07 Å². The van der Waals surface area contributed by atoms with Crippen LogP contribution in [0.25, 0.3) is 0 Å². The maximum atomic E-state index is 10.5. The quantitative estimate of drug-likeness (QED) is 0.472. The third kappa shape index (κ3) is 3.70. The summed E-state index contributed by atoms with van der Waals surface area (Å²) in [6.45, 7) is 0. The molecule has 0 bridgehead atoms. The fourth-order valence-electron chi connectivity index (χ4n) is 0.881. The van der Waals surface area contributed by atoms with E-state index in [0.29, 0.717) is 5.56 Å². The van der Waals surface area contributed by atoms with Crippen molar-refractivity contribution in [3.8, 4) is 6.07 Å². The number of nitriles is 1. The molecule has 0 saturated carbocycles. The first-order chi connectivity index (χ1) is 6.15. The van der Waals surface area contributed by atoms with E-state index in [1.165, 1.54) is 12.1 Å². The van der Waals surface area contributed by atoms with E-state index in [-0.39, 0.29) is 45.9 Å². The number of hydrogen-bond donors (Lipinski definition) is 0. The van der Waals surface area contributed by atoms with E-state index in [1.807, 2.05) is 6.07 Å². The number of rotatable bonds is 2. The second-order valence-electron chi connectivity index (χ2n) is 2.33. The van der Waals surface area contributed by atoms with Crippen LogP contribution in [-0.2, 0) is 17.5 Å². The van der Waals surface area contributed by atoms with Crippen LogP contribution in [0.1, 0.15) is 5.56 Å². The van der Waals surface area contributed by atoms with Gasteiger partial charge >= 0.3 is 29.6 Å². The summed E-state index contributed by atoms with van der Waals surface area (Å²) in [4.78, 5) is 0.0587. The molecular weight excluding hydrogens is 233 g/mol. The standard InChI is InChI=1S/C8H6ClNO2S.Na/c9-7-5-6(3-4-10)1-2-8(7)13(11)12;/h1-2,5H,3H2,(H,11,12);/q;+1/p-1. The fraction of sp³-hybridized carbons (Fsp3) is 0.125. The minimum atomic E-state index is -2.32. The fourth-order valence-corrected chi connectivity index (χ4v) is 1.67. The second kappa shape index (κ2) is 6.57. The summed E-state index contributed by atoms with van der Waals surface area (Å²) in [5.41, 5.74) is 0.710. The van der Waals surface area contributed by atoms with Crippen LogP contribution in [0.3, 0.4) is 0 Å². The molecule has 0 amide bonds. The van der Waals surface area contributed by atoms with Gasteiger partial charge in [0.25, 0.3) is 0 Å². The molecule has 0 saturated heterocycles. The maximum Gasteiger partial charge on any atom is 1.00 e. The molecule has 0 radical (unpaired) electrons. The van der Waals surface area contributed by atoms with E-state index in [2.05, 4.69) is 0 Å². The molecule has 0 aliphatic heterocycles. The largest absolute Gasteiger partial charge is 1.00 e. The summed E-state index contributed by atoms with van der Waals surface area (Å²) < 4.78 is 21.1. The number of hydrogen-bond acceptors (Lipinski definition) is 3. The molecule has 1 rings (SSSR count). The van der Waals surface area contributed by atoms with Crippen LogP contribution in [0, 0.1) is 11.3 Å². The van der Waals surface area contributed by atoms with Gasteiger partial charge in [0.15, 0.2) is 0 Å². The Morgan fingerprint density at radius 1 is 1.57 bits per heavy atom. The molecule has 0 heterocycles. The molecule has 6 heteroatoms. The molecule has 0 fully saturated rings. The smallest absolute Gasteiger partial charge is 0.768 e. The zero-order valence-electron chi connectivity index (χ0n) is 7.49. The van der Waals surface area contributed by atoms with Gasteiger partial charge in [0, 0.05) is 4.90 Å². The zero-order chi connectivity index (χ0) is 9.84. The molecule has 0 N–H and O–H groups in total. The Hall–Kier alpha value is 0.110. The van der Waals surface area contributed by atoms with Gasteiger partial charge in [-0.25, -0.2) is 0 Å².